The first kappa shape index (κ1) is 70.4. The number of nitrogens with one attached hydrogen (secondary N) is 4. The Bertz CT molecular complexity index is 4790. The number of fused-ring (bicyclic) bond motifs is 4. The number of likely N-dealkylation sites (tertiary alicyclic amines) is 4. The summed E-state index contributed by atoms with van der Waals surface area (Å²) in [5.41, 5.74) is 9.43. The number of carbonyl (C=O) groups excluding carboxylic acids is 4. The molecule has 4 amide bonds. The number of hydrogen-bond acceptors (Lipinski definition) is 10. The predicted molar refractivity (Wildman–Crippen MR) is 410 cm³/mol. The summed E-state index contributed by atoms with van der Waals surface area (Å²) >= 11 is 1.82. The smallest absolute Gasteiger partial charge is 0.234 e. The minimum Gasteiger partial charge on any atom is -0.392 e. The standard InChI is InChI=1S/C84H100N12O5PS/c1-15-83(35-17-37-96(83)76(99)50(8)47(2)3)78-91-62-34-28-55(39-64(62)92-78)22-20-53-25-31-57(32-26-53)66-44-86-73(90-66)68-41-59(45-94(68)75(98)51(9)70(97)48(4)5)58-40-60-71(103-77(60)95(46-58)79(100)81(10,11)49(6)7)74-87-61-33-27-54(38-63(61)88-74)21-19-52-23-29-56(30-24-52)65-43-85-72(89-65)67-18-16-36-93(67)80(101)84-42-69(84)82(84,12)102(13)14/h23-34,38-39,43-44,47-51,58-60,67-71,77,97H,13,15-18,35-37,40-42,45-46H2,1-12,14H3,(H,85,89)(H,86,90)(H,87,88)(H,91,92)/q+1. The number of imidazole rings is 4. The van der Waals surface area contributed by atoms with Gasteiger partial charge in [-0.15, -0.1) is 11.8 Å². The number of aromatic nitrogens is 8. The number of rotatable bonds is 17. The van der Waals surface area contributed by atoms with Crippen molar-refractivity contribution < 1.29 is 24.3 Å². The van der Waals surface area contributed by atoms with Gasteiger partial charge in [-0.1, -0.05) is 124 Å². The van der Waals surface area contributed by atoms with Crippen molar-refractivity contribution in [1.82, 2.24) is 59.5 Å². The number of aliphatic hydroxyl groups is 1. The van der Waals surface area contributed by atoms with E-state index in [0.717, 1.165) is 142 Å². The second kappa shape index (κ2) is 26.7. The van der Waals surface area contributed by atoms with E-state index >= 15 is 4.79 Å². The topological polar surface area (TPSA) is 216 Å². The van der Waals surface area contributed by atoms with Crippen LogP contribution in [0.5, 0.6) is 0 Å². The molecule has 2 aliphatic carbocycles. The molecule has 15 unspecified atom stereocenters. The van der Waals surface area contributed by atoms with Crippen LogP contribution in [0.4, 0.5) is 0 Å². The third-order valence-electron chi connectivity index (χ3n) is 26.0. The summed E-state index contributed by atoms with van der Waals surface area (Å²) in [5, 5.41) is 11.5. The van der Waals surface area contributed by atoms with Crippen molar-refractivity contribution in [2.24, 2.45) is 64.1 Å². The van der Waals surface area contributed by atoms with Crippen molar-refractivity contribution in [3.05, 3.63) is 143 Å². The lowest BCUT2D eigenvalue weighted by Crippen LogP contribution is -2.60. The number of hydrogen-bond donors (Lipinski definition) is 5. The zero-order valence-corrected chi connectivity index (χ0v) is 63.7. The van der Waals surface area contributed by atoms with Gasteiger partial charge in [-0.2, -0.15) is 0 Å². The molecular weight excluding hydrogens is 1320 g/mol. The Kier molecular flexibility index (Phi) is 18.2. The number of amides is 4. The molecule has 103 heavy (non-hydrogen) atoms. The van der Waals surface area contributed by atoms with E-state index in [1.807, 2.05) is 123 Å². The van der Waals surface area contributed by atoms with E-state index in [1.54, 1.807) is 0 Å². The molecule has 15 atom stereocenters. The molecule has 19 heteroatoms. The second-order valence-electron chi connectivity index (χ2n) is 32.9. The molecule has 0 bridgehead atoms. The van der Waals surface area contributed by atoms with Gasteiger partial charge in [-0.05, 0) is 160 Å². The van der Waals surface area contributed by atoms with E-state index in [2.05, 4.69) is 145 Å². The minimum absolute atomic E-state index is 0.0184. The average Bonchev–Trinajstić information content (AvgIpc) is 1.43. The van der Waals surface area contributed by atoms with Crippen LogP contribution >= 0.6 is 19.3 Å². The lowest BCUT2D eigenvalue weighted by atomic mass is 9.75. The molecule has 4 aromatic heterocycles. The predicted octanol–water partition coefficient (Wildman–Crippen LogP) is 15.0. The van der Waals surface area contributed by atoms with Gasteiger partial charge in [0, 0.05) is 71.6 Å². The highest BCUT2D eigenvalue weighted by Crippen LogP contribution is 2.90. The maximum Gasteiger partial charge on any atom is 0.234 e. The van der Waals surface area contributed by atoms with Gasteiger partial charge >= 0.3 is 0 Å². The van der Waals surface area contributed by atoms with Crippen molar-refractivity contribution in [3.63, 3.8) is 0 Å². The molecule has 0 radical (unpaired) electrons. The van der Waals surface area contributed by atoms with Crippen molar-refractivity contribution in [1.29, 1.82) is 0 Å². The summed E-state index contributed by atoms with van der Waals surface area (Å²) in [6.07, 6.45) is 14.3. The molecule has 15 rings (SSSR count). The fourth-order valence-corrected chi connectivity index (χ4v) is 21.2. The van der Waals surface area contributed by atoms with E-state index in [4.69, 9.17) is 19.9 Å². The van der Waals surface area contributed by atoms with Gasteiger partial charge in [0.15, 0.2) is 0 Å². The maximum absolute atomic E-state index is 15.0. The van der Waals surface area contributed by atoms with Gasteiger partial charge in [0.2, 0.25) is 23.6 Å². The largest absolute Gasteiger partial charge is 0.392 e. The number of benzene rings is 4. The van der Waals surface area contributed by atoms with Gasteiger partial charge in [-0.3, -0.25) is 19.2 Å². The van der Waals surface area contributed by atoms with E-state index < -0.39 is 30.5 Å². The first-order valence-corrected chi connectivity index (χ1v) is 40.6. The first-order chi connectivity index (χ1) is 49.2. The fourth-order valence-electron chi connectivity index (χ4n) is 17.9. The average molecular weight is 1420 g/mol. The minimum atomic E-state index is -0.824. The number of nitrogens with zero attached hydrogens (tertiary/aromatic N) is 8. The molecule has 5 N–H and O–H groups in total. The van der Waals surface area contributed by atoms with Crippen LogP contribution in [-0.4, -0.2) is 144 Å². The Labute approximate surface area is 611 Å². The molecule has 7 aliphatic rings. The Morgan fingerprint density at radius 3 is 1.83 bits per heavy atom. The number of aromatic amines is 4. The van der Waals surface area contributed by atoms with E-state index in [0.29, 0.717) is 37.2 Å². The van der Waals surface area contributed by atoms with Crippen LogP contribution in [0.25, 0.3) is 44.6 Å². The van der Waals surface area contributed by atoms with Crippen LogP contribution in [0.1, 0.15) is 197 Å². The highest BCUT2D eigenvalue weighted by Gasteiger charge is 2.97. The molecule has 9 heterocycles. The third kappa shape index (κ3) is 12.1. The summed E-state index contributed by atoms with van der Waals surface area (Å²) in [4.78, 5) is 101. The van der Waals surface area contributed by atoms with Gasteiger partial charge in [0.25, 0.3) is 0 Å². The summed E-state index contributed by atoms with van der Waals surface area (Å²) in [6, 6.07) is 28.1. The number of thioether (sulfide) groups is 1. The molecule has 5 aliphatic heterocycles. The number of piperidine rings is 1. The fraction of sp³-hybridized carbons (Fsp3) is 0.512. The van der Waals surface area contributed by atoms with Crippen LogP contribution in [0.15, 0.2) is 97.3 Å². The number of carbonyl (C=O) groups is 4. The van der Waals surface area contributed by atoms with Crippen molar-refractivity contribution in [3.8, 4) is 46.2 Å². The summed E-state index contributed by atoms with van der Waals surface area (Å²) in [7, 11) is -0.435. The molecule has 2 saturated carbocycles. The first-order valence-electron chi connectivity index (χ1n) is 37.7. The Morgan fingerprint density at radius 1 is 0.680 bits per heavy atom. The second-order valence-corrected chi connectivity index (χ2v) is 36.5. The normalized spacial score (nSPS) is 27.5. The SMILES string of the molecule is C=[P+](C)C1(C)C2CC21C(=O)N1CCCC1c1ncc(-c2ccc(C#Cc3ccc4nc(C5SC6C5CC(C5CC(c7ncc(-c8ccc(C#Cc9ccc%10nc(C%11(CC)CCCN%11C(=O)C(C)C(C)C)[nH]c%10c9)cc8)[nH]7)N(C(=O)C(C)C(O)C(C)C)C5)CN6C(=O)C(C)(C)C(C)C)[nH]c4c3)cc2)[nH]1. The highest BCUT2D eigenvalue weighted by atomic mass is 32.2. The highest BCUT2D eigenvalue weighted by molar-refractivity contribution is 8.01. The van der Waals surface area contributed by atoms with Crippen LogP contribution in [-0.2, 0) is 24.7 Å². The van der Waals surface area contributed by atoms with Crippen molar-refractivity contribution in [2.75, 3.05) is 32.8 Å². The molecule has 8 aromatic rings. The van der Waals surface area contributed by atoms with Crippen molar-refractivity contribution >= 4 is 71.3 Å². The van der Waals surface area contributed by atoms with Crippen LogP contribution in [0.2, 0.25) is 0 Å². The van der Waals surface area contributed by atoms with Gasteiger partial charge in [-0.25, -0.2) is 19.9 Å². The monoisotopic (exact) mass is 1420 g/mol. The summed E-state index contributed by atoms with van der Waals surface area (Å²) in [6.45, 7) is 29.6. The van der Waals surface area contributed by atoms with Gasteiger partial charge in [0.05, 0.1) is 101 Å². The third-order valence-corrected chi connectivity index (χ3v) is 30.0. The van der Waals surface area contributed by atoms with Gasteiger partial charge < -0.3 is 44.6 Å². The Morgan fingerprint density at radius 2 is 1.25 bits per heavy atom. The summed E-state index contributed by atoms with van der Waals surface area (Å²) < 4.78 is 0. The zero-order chi connectivity index (χ0) is 72.5. The van der Waals surface area contributed by atoms with E-state index in [1.165, 1.54) is 0 Å². The molecule has 5 saturated heterocycles. The van der Waals surface area contributed by atoms with Gasteiger partial charge in [0.1, 0.15) is 39.4 Å². The number of H-pyrrole nitrogens is 4. The molecule has 7 fully saturated rings. The number of aliphatic hydroxyl groups excluding tert-OH is 1. The zero-order valence-electron chi connectivity index (χ0n) is 62.0. The molecule has 0 spiro atoms. The molecule has 17 nitrogen and oxygen atoms in total. The Balaban J connectivity index is 0.633. The molecule has 536 valence electrons. The van der Waals surface area contributed by atoms with E-state index in [9.17, 15) is 19.5 Å². The van der Waals surface area contributed by atoms with Crippen molar-refractivity contribution in [2.45, 2.75) is 174 Å². The lowest BCUT2D eigenvalue weighted by molar-refractivity contribution is -0.148. The van der Waals surface area contributed by atoms with E-state index in [-0.39, 0.29) is 92.4 Å². The quantitative estimate of drug-likeness (QED) is 0.0429. The summed E-state index contributed by atoms with van der Waals surface area (Å²) in [5.74, 6) is 17.7. The lowest BCUT2D eigenvalue weighted by Gasteiger charge is -2.56. The molecular formula is C84H100N12O5PS+. The van der Waals surface area contributed by atoms with Crippen LogP contribution in [0, 0.1) is 87.8 Å². The van der Waals surface area contributed by atoms with Crippen LogP contribution < -0.4 is 0 Å². The molecule has 4 aromatic carbocycles. The Hall–Kier alpha value is -8.28. The maximum atomic E-state index is 15.0. The van der Waals surface area contributed by atoms with Crippen LogP contribution in [0.3, 0.4) is 0 Å².